The average molecular weight is 264 g/mol. The Bertz CT molecular complexity index is 517. The third-order valence-corrected chi connectivity index (χ3v) is 2.41. The molecule has 102 valence electrons. The van der Waals surface area contributed by atoms with Crippen LogP contribution in [0.1, 0.15) is 29.8 Å². The van der Waals surface area contributed by atoms with E-state index in [1.54, 1.807) is 6.92 Å². The molecule has 0 spiro atoms. The highest BCUT2D eigenvalue weighted by molar-refractivity contribution is 6.02. The van der Waals surface area contributed by atoms with Crippen LogP contribution in [0, 0.1) is 0 Å². The van der Waals surface area contributed by atoms with E-state index in [1.807, 2.05) is 0 Å². The van der Waals surface area contributed by atoms with Crippen molar-refractivity contribution in [3.63, 3.8) is 0 Å². The summed E-state index contributed by atoms with van der Waals surface area (Å²) in [6.07, 6.45) is 2.68. The molecule has 1 aromatic rings. The molecule has 0 aromatic heterocycles. The van der Waals surface area contributed by atoms with Crippen LogP contribution in [0.5, 0.6) is 11.5 Å². The van der Waals surface area contributed by atoms with E-state index >= 15 is 0 Å². The summed E-state index contributed by atoms with van der Waals surface area (Å²) in [5, 5.41) is 9.63. The number of carbonyl (C=O) groups is 2. The van der Waals surface area contributed by atoms with Gasteiger partial charge in [-0.05, 0) is 31.6 Å². The first-order chi connectivity index (χ1) is 9.01. The van der Waals surface area contributed by atoms with Crippen molar-refractivity contribution >= 4 is 17.8 Å². The van der Waals surface area contributed by atoms with Crippen LogP contribution in [0.2, 0.25) is 0 Å². The Labute approximate surface area is 111 Å². The first-order valence-electron chi connectivity index (χ1n) is 5.77. The van der Waals surface area contributed by atoms with Crippen molar-refractivity contribution in [2.75, 3.05) is 13.7 Å². The lowest BCUT2D eigenvalue weighted by molar-refractivity contribution is -0.137. The van der Waals surface area contributed by atoms with Gasteiger partial charge < -0.3 is 14.6 Å². The molecule has 0 unspecified atom stereocenters. The minimum Gasteiger partial charge on any atom is -0.504 e. The second-order valence-electron chi connectivity index (χ2n) is 3.72. The number of aromatic hydroxyl groups is 1. The Morgan fingerprint density at radius 3 is 2.58 bits per heavy atom. The largest absolute Gasteiger partial charge is 0.504 e. The number of carbonyl (C=O) groups excluding carboxylic acids is 2. The van der Waals surface area contributed by atoms with Crippen LogP contribution in [0.15, 0.2) is 18.2 Å². The summed E-state index contributed by atoms with van der Waals surface area (Å²) in [7, 11) is 1.36. The van der Waals surface area contributed by atoms with Gasteiger partial charge in [-0.3, -0.25) is 4.79 Å². The van der Waals surface area contributed by atoms with Crippen LogP contribution in [-0.4, -0.2) is 30.6 Å². The van der Waals surface area contributed by atoms with Crippen LogP contribution in [-0.2, 0) is 9.53 Å². The molecule has 1 N–H and O–H groups in total. The summed E-state index contributed by atoms with van der Waals surface area (Å²) in [5.74, 6) is -0.792. The van der Waals surface area contributed by atoms with Gasteiger partial charge in [0.25, 0.3) is 0 Å². The number of Topliss-reactive ketones (excluding diaryl/α,β-unsaturated/α-hetero) is 1. The Kier molecular flexibility index (Phi) is 5.11. The maximum Gasteiger partial charge on any atom is 0.330 e. The predicted molar refractivity (Wildman–Crippen MR) is 70.3 cm³/mol. The minimum absolute atomic E-state index is 0.0958. The molecule has 0 radical (unpaired) electrons. The van der Waals surface area contributed by atoms with Gasteiger partial charge in [-0.15, -0.1) is 0 Å². The number of phenols is 1. The van der Waals surface area contributed by atoms with Crippen molar-refractivity contribution in [3.05, 3.63) is 29.3 Å². The van der Waals surface area contributed by atoms with Crippen molar-refractivity contribution in [2.24, 2.45) is 0 Å². The molecule has 0 saturated carbocycles. The van der Waals surface area contributed by atoms with Gasteiger partial charge in [-0.2, -0.15) is 0 Å². The van der Waals surface area contributed by atoms with Crippen LogP contribution >= 0.6 is 0 Å². The number of methoxy groups -OCH3 is 1. The quantitative estimate of drug-likeness (QED) is 0.501. The number of ketones is 1. The molecule has 0 amide bonds. The molecule has 0 saturated heterocycles. The van der Waals surface area contributed by atoms with E-state index < -0.39 is 5.97 Å². The number of rotatable bonds is 5. The molecular weight excluding hydrogens is 248 g/mol. The van der Waals surface area contributed by atoms with E-state index in [-0.39, 0.29) is 29.5 Å². The second kappa shape index (κ2) is 6.58. The van der Waals surface area contributed by atoms with Crippen LogP contribution in [0.3, 0.4) is 0 Å². The van der Waals surface area contributed by atoms with Gasteiger partial charge >= 0.3 is 5.97 Å². The number of phenolic OH excluding ortho intramolecular Hbond substituents is 1. The molecule has 5 heteroatoms. The van der Waals surface area contributed by atoms with Gasteiger partial charge in [-0.25, -0.2) is 4.79 Å². The van der Waals surface area contributed by atoms with Crippen molar-refractivity contribution < 1.29 is 24.2 Å². The fourth-order valence-electron chi connectivity index (χ4n) is 1.64. The van der Waals surface area contributed by atoms with Gasteiger partial charge in [0, 0.05) is 6.08 Å². The third-order valence-electron chi connectivity index (χ3n) is 2.41. The van der Waals surface area contributed by atoms with Crippen LogP contribution < -0.4 is 4.74 Å². The molecule has 0 aliphatic carbocycles. The molecule has 0 atom stereocenters. The zero-order valence-corrected chi connectivity index (χ0v) is 11.1. The molecule has 1 aromatic carbocycles. The summed E-state index contributed by atoms with van der Waals surface area (Å²) >= 11 is 0. The third kappa shape index (κ3) is 3.58. The van der Waals surface area contributed by atoms with Gasteiger partial charge in [-0.1, -0.05) is 6.07 Å². The lowest BCUT2D eigenvalue weighted by atomic mass is 10.0. The van der Waals surface area contributed by atoms with E-state index in [4.69, 9.17) is 9.47 Å². The lowest BCUT2D eigenvalue weighted by Gasteiger charge is -2.10. The first-order valence-corrected chi connectivity index (χ1v) is 5.77. The monoisotopic (exact) mass is 264 g/mol. The van der Waals surface area contributed by atoms with E-state index in [0.29, 0.717) is 5.56 Å². The highest BCUT2D eigenvalue weighted by atomic mass is 16.5. The Balaban J connectivity index is 3.21. The van der Waals surface area contributed by atoms with E-state index in [0.717, 1.165) is 0 Å². The van der Waals surface area contributed by atoms with Gasteiger partial charge in [0.15, 0.2) is 17.3 Å². The zero-order valence-electron chi connectivity index (χ0n) is 11.1. The van der Waals surface area contributed by atoms with Gasteiger partial charge in [0.1, 0.15) is 0 Å². The standard InChI is InChI=1S/C14H16O5/c1-4-19-12(17)8-6-10-5-7-11(16)14(18-3)13(10)9(2)15/h5-8,16H,4H2,1-3H3. The molecule has 0 fully saturated rings. The van der Waals surface area contributed by atoms with E-state index in [9.17, 15) is 14.7 Å². The number of hydrogen-bond acceptors (Lipinski definition) is 5. The fourth-order valence-corrected chi connectivity index (χ4v) is 1.64. The molecule has 0 aliphatic rings. The lowest BCUT2D eigenvalue weighted by Crippen LogP contribution is -2.02. The molecular formula is C14H16O5. The minimum atomic E-state index is -0.496. The van der Waals surface area contributed by atoms with Crippen LogP contribution in [0.4, 0.5) is 0 Å². The number of hydrogen-bond donors (Lipinski definition) is 1. The maximum atomic E-state index is 11.6. The predicted octanol–water partition coefficient (Wildman–Crippen LogP) is 2.18. The van der Waals surface area contributed by atoms with Crippen molar-refractivity contribution in [1.82, 2.24) is 0 Å². The summed E-state index contributed by atoms with van der Waals surface area (Å²) in [4.78, 5) is 22.9. The van der Waals surface area contributed by atoms with Gasteiger partial charge in [0.05, 0.1) is 19.3 Å². The molecule has 5 nitrogen and oxygen atoms in total. The normalized spacial score (nSPS) is 10.5. The molecule has 0 heterocycles. The SMILES string of the molecule is CCOC(=O)C=Cc1ccc(O)c(OC)c1C(C)=O. The molecule has 0 aliphatic heterocycles. The summed E-state index contributed by atoms with van der Waals surface area (Å²) in [6, 6.07) is 2.93. The van der Waals surface area contributed by atoms with Crippen molar-refractivity contribution in [3.8, 4) is 11.5 Å². The Morgan fingerprint density at radius 1 is 1.37 bits per heavy atom. The average Bonchev–Trinajstić information content (AvgIpc) is 2.36. The topological polar surface area (TPSA) is 72.8 Å². The van der Waals surface area contributed by atoms with Crippen LogP contribution in [0.25, 0.3) is 6.08 Å². The summed E-state index contributed by atoms with van der Waals surface area (Å²) < 4.78 is 9.76. The Hall–Kier alpha value is -2.30. The second-order valence-corrected chi connectivity index (χ2v) is 3.72. The number of benzene rings is 1. The van der Waals surface area contributed by atoms with E-state index in [1.165, 1.54) is 38.3 Å². The van der Waals surface area contributed by atoms with Crippen molar-refractivity contribution in [2.45, 2.75) is 13.8 Å². The Morgan fingerprint density at radius 2 is 2.05 bits per heavy atom. The van der Waals surface area contributed by atoms with E-state index in [2.05, 4.69) is 0 Å². The number of esters is 1. The molecule has 0 bridgehead atoms. The van der Waals surface area contributed by atoms with Crippen molar-refractivity contribution in [1.29, 1.82) is 0 Å². The fraction of sp³-hybridized carbons (Fsp3) is 0.286. The first kappa shape index (κ1) is 14.8. The highest BCUT2D eigenvalue weighted by Gasteiger charge is 2.16. The summed E-state index contributed by atoms with van der Waals surface area (Å²) in [6.45, 7) is 3.34. The van der Waals surface area contributed by atoms with Gasteiger partial charge in [0.2, 0.25) is 0 Å². The molecule has 1 rings (SSSR count). The zero-order chi connectivity index (χ0) is 14.4. The number of ether oxygens (including phenoxy) is 2. The smallest absolute Gasteiger partial charge is 0.330 e. The molecule has 19 heavy (non-hydrogen) atoms. The maximum absolute atomic E-state index is 11.6. The highest BCUT2D eigenvalue weighted by Crippen LogP contribution is 2.33. The summed E-state index contributed by atoms with van der Waals surface area (Å²) in [5.41, 5.74) is 0.707.